The van der Waals surface area contributed by atoms with Gasteiger partial charge in [0.05, 0.1) is 19.0 Å². The monoisotopic (exact) mass is 354 g/mol. The molecule has 2 fully saturated rings. The molecule has 0 spiro atoms. The van der Waals surface area contributed by atoms with Gasteiger partial charge in [0.1, 0.15) is 0 Å². The molecular formula is C13H19N6O4P. The van der Waals surface area contributed by atoms with Gasteiger partial charge in [0.15, 0.2) is 22.8 Å². The van der Waals surface area contributed by atoms with Crippen molar-refractivity contribution >= 4 is 30.5 Å². The summed E-state index contributed by atoms with van der Waals surface area (Å²) >= 11 is 0. The van der Waals surface area contributed by atoms with Gasteiger partial charge in [0.2, 0.25) is 5.95 Å². The van der Waals surface area contributed by atoms with Crippen LogP contribution in [0.4, 0.5) is 11.8 Å². The molecule has 0 amide bonds. The molecule has 10 nitrogen and oxygen atoms in total. The molecule has 0 radical (unpaired) electrons. The Hall–Kier alpha value is -1.74. The number of hydrogen-bond acceptors (Lipinski definition) is 7. The number of nitrogens with two attached hydrogens (primary N) is 1. The molecule has 2 aromatic heterocycles. The Bertz CT molecular complexity index is 816. The summed E-state index contributed by atoms with van der Waals surface area (Å²) < 4.78 is 18.6. The van der Waals surface area contributed by atoms with E-state index in [0.29, 0.717) is 42.4 Å². The Morgan fingerprint density at radius 1 is 1.33 bits per heavy atom. The summed E-state index contributed by atoms with van der Waals surface area (Å²) in [6.07, 6.45) is 4.45. The second kappa shape index (κ2) is 5.66. The molecule has 2 atom stereocenters. The van der Waals surface area contributed by atoms with Crippen LogP contribution in [0.1, 0.15) is 25.7 Å². The molecule has 2 aliphatic rings. The summed E-state index contributed by atoms with van der Waals surface area (Å²) in [5, 5.41) is 3.29. The first-order valence-corrected chi connectivity index (χ1v) is 9.54. The first-order valence-electron chi connectivity index (χ1n) is 7.86. The lowest BCUT2D eigenvalue weighted by molar-refractivity contribution is 0.0621. The average Bonchev–Trinajstić information content (AvgIpc) is 3.03. The molecule has 0 unspecified atom stereocenters. The van der Waals surface area contributed by atoms with Crippen molar-refractivity contribution in [1.29, 1.82) is 0 Å². The number of anilines is 2. The lowest BCUT2D eigenvalue weighted by atomic mass is 10.2. The van der Waals surface area contributed by atoms with Crippen LogP contribution in [0.15, 0.2) is 6.33 Å². The van der Waals surface area contributed by atoms with E-state index >= 15 is 0 Å². The Labute approximate surface area is 137 Å². The van der Waals surface area contributed by atoms with Crippen molar-refractivity contribution in [1.82, 2.24) is 19.5 Å². The first-order chi connectivity index (χ1) is 11.4. The van der Waals surface area contributed by atoms with Crippen LogP contribution in [0, 0.1) is 0 Å². The van der Waals surface area contributed by atoms with Crippen molar-refractivity contribution in [3.8, 4) is 0 Å². The van der Waals surface area contributed by atoms with E-state index < -0.39 is 13.4 Å². The van der Waals surface area contributed by atoms with E-state index in [1.165, 1.54) is 0 Å². The number of nitrogen functional groups attached to an aromatic ring is 1. The van der Waals surface area contributed by atoms with Gasteiger partial charge in [-0.25, -0.2) is 4.98 Å². The van der Waals surface area contributed by atoms with Crippen LogP contribution < -0.4 is 11.1 Å². The van der Waals surface area contributed by atoms with Crippen molar-refractivity contribution in [2.45, 2.75) is 50.2 Å². The summed E-state index contributed by atoms with van der Waals surface area (Å²) in [6.45, 7) is 0.409. The van der Waals surface area contributed by atoms with E-state index in [4.69, 9.17) is 10.5 Å². The van der Waals surface area contributed by atoms with Crippen LogP contribution in [0.2, 0.25) is 0 Å². The summed E-state index contributed by atoms with van der Waals surface area (Å²) in [7, 11) is -4.22. The molecule has 1 aliphatic carbocycles. The third-order valence-electron chi connectivity index (χ3n) is 4.26. The maximum Gasteiger partial charge on any atom is 0.354 e. The van der Waals surface area contributed by atoms with Gasteiger partial charge < -0.3 is 30.1 Å². The largest absolute Gasteiger partial charge is 0.368 e. The molecule has 1 saturated heterocycles. The highest BCUT2D eigenvalue weighted by molar-refractivity contribution is 7.52. The van der Waals surface area contributed by atoms with Crippen molar-refractivity contribution in [3.05, 3.63) is 6.33 Å². The molecule has 0 bridgehead atoms. The smallest absolute Gasteiger partial charge is 0.354 e. The molecule has 2 aromatic rings. The number of imidazole rings is 1. The van der Waals surface area contributed by atoms with Crippen LogP contribution in [-0.4, -0.2) is 47.3 Å². The molecule has 11 heteroatoms. The lowest BCUT2D eigenvalue weighted by Gasteiger charge is -2.15. The van der Waals surface area contributed by atoms with Gasteiger partial charge >= 0.3 is 7.60 Å². The standard InChI is InChI=1S/C13H19N6O4P/c14-13-17-11(16-7-1-2-7)10-12(18-13)19(6-15-10)5-8-3-4-9(23-8)24(20,21)22/h6-9H,1-5H2,(H2,20,21,22)(H3,14,16,17,18)/t8-,9+/m0/s1. The number of aromatic nitrogens is 4. The molecule has 1 saturated carbocycles. The minimum absolute atomic E-state index is 0.160. The predicted octanol–water partition coefficient (Wildman–Crippen LogP) is 0.666. The number of nitrogens with zero attached hydrogens (tertiary/aromatic N) is 4. The van der Waals surface area contributed by atoms with Crippen molar-refractivity contribution < 1.29 is 19.1 Å². The van der Waals surface area contributed by atoms with Crippen LogP contribution in [0.3, 0.4) is 0 Å². The molecule has 1 aliphatic heterocycles. The highest BCUT2D eigenvalue weighted by Gasteiger charge is 2.37. The molecule has 24 heavy (non-hydrogen) atoms. The van der Waals surface area contributed by atoms with Gasteiger partial charge in [-0.3, -0.25) is 4.57 Å². The van der Waals surface area contributed by atoms with E-state index in [1.807, 2.05) is 0 Å². The third-order valence-corrected chi connectivity index (χ3v) is 5.39. The number of fused-ring (bicyclic) bond motifs is 1. The highest BCUT2D eigenvalue weighted by Crippen LogP contribution is 2.48. The summed E-state index contributed by atoms with van der Waals surface area (Å²) in [5.74, 6) is -0.240. The number of nitrogens with one attached hydrogen (secondary N) is 1. The maximum atomic E-state index is 11.3. The van der Waals surface area contributed by atoms with Gasteiger partial charge in [-0.2, -0.15) is 9.97 Å². The second-order valence-electron chi connectivity index (χ2n) is 6.30. The topological polar surface area (TPSA) is 148 Å². The third kappa shape index (κ3) is 3.10. The normalized spacial score (nSPS) is 24.6. The van der Waals surface area contributed by atoms with Crippen molar-refractivity contribution in [2.75, 3.05) is 11.1 Å². The molecule has 3 heterocycles. The van der Waals surface area contributed by atoms with E-state index in [1.54, 1.807) is 10.9 Å². The average molecular weight is 354 g/mol. The highest BCUT2D eigenvalue weighted by atomic mass is 31.2. The number of rotatable bonds is 5. The quantitative estimate of drug-likeness (QED) is 0.568. The van der Waals surface area contributed by atoms with E-state index in [-0.39, 0.29) is 12.1 Å². The molecular weight excluding hydrogens is 335 g/mol. The minimum atomic E-state index is -4.22. The molecule has 5 N–H and O–H groups in total. The Kier molecular flexibility index (Phi) is 3.72. The van der Waals surface area contributed by atoms with Crippen LogP contribution in [0.5, 0.6) is 0 Å². The van der Waals surface area contributed by atoms with Crippen molar-refractivity contribution in [2.24, 2.45) is 0 Å². The fraction of sp³-hybridized carbons (Fsp3) is 0.615. The summed E-state index contributed by atoms with van der Waals surface area (Å²) in [4.78, 5) is 31.3. The van der Waals surface area contributed by atoms with Crippen LogP contribution >= 0.6 is 7.60 Å². The zero-order valence-electron chi connectivity index (χ0n) is 12.9. The fourth-order valence-corrected chi connectivity index (χ4v) is 3.72. The van der Waals surface area contributed by atoms with Gasteiger partial charge in [-0.1, -0.05) is 0 Å². The second-order valence-corrected chi connectivity index (χ2v) is 8.05. The van der Waals surface area contributed by atoms with E-state index in [9.17, 15) is 14.4 Å². The van der Waals surface area contributed by atoms with Gasteiger partial charge in [-0.05, 0) is 25.7 Å². The van der Waals surface area contributed by atoms with Crippen LogP contribution in [-0.2, 0) is 15.8 Å². The zero-order chi connectivity index (χ0) is 16.9. The number of ether oxygens (including phenoxy) is 1. The summed E-state index contributed by atoms with van der Waals surface area (Å²) in [6, 6.07) is 0.412. The van der Waals surface area contributed by atoms with Gasteiger partial charge in [0.25, 0.3) is 0 Å². The first kappa shape index (κ1) is 15.8. The number of hydrogen-bond donors (Lipinski definition) is 4. The molecule has 0 aromatic carbocycles. The van der Waals surface area contributed by atoms with Gasteiger partial charge in [-0.15, -0.1) is 0 Å². The maximum absolute atomic E-state index is 11.3. The molecule has 130 valence electrons. The van der Waals surface area contributed by atoms with E-state index in [2.05, 4.69) is 20.3 Å². The fourth-order valence-electron chi connectivity index (χ4n) is 2.90. The Morgan fingerprint density at radius 2 is 2.12 bits per heavy atom. The Balaban J connectivity index is 1.57. The van der Waals surface area contributed by atoms with Crippen LogP contribution in [0.25, 0.3) is 11.2 Å². The Morgan fingerprint density at radius 3 is 2.79 bits per heavy atom. The van der Waals surface area contributed by atoms with E-state index in [0.717, 1.165) is 12.8 Å². The SMILES string of the molecule is Nc1nc(NC2CC2)c2ncn(C[C@@H]3CC[C@@H](P(=O)(O)O)O3)c2n1. The minimum Gasteiger partial charge on any atom is -0.368 e. The van der Waals surface area contributed by atoms with Gasteiger partial charge in [0, 0.05) is 6.04 Å². The summed E-state index contributed by atoms with van der Waals surface area (Å²) in [5.41, 5.74) is 7.03. The van der Waals surface area contributed by atoms with Crippen molar-refractivity contribution in [3.63, 3.8) is 0 Å². The zero-order valence-corrected chi connectivity index (χ0v) is 13.8. The lowest BCUT2D eigenvalue weighted by Crippen LogP contribution is -2.17. The predicted molar refractivity (Wildman–Crippen MR) is 86.3 cm³/mol. The molecule has 4 rings (SSSR count).